The minimum atomic E-state index is 0.0872. The number of hydrogen-bond donors (Lipinski definition) is 3. The number of aliphatic hydroxyl groups is 1. The van der Waals surface area contributed by atoms with Crippen LogP contribution in [0.25, 0.3) is 0 Å². The van der Waals surface area contributed by atoms with Gasteiger partial charge in [-0.05, 0) is 24.1 Å². The molecule has 0 saturated carbocycles. The number of nitrogens with zero attached hydrogens (tertiary/aromatic N) is 1. The van der Waals surface area contributed by atoms with Gasteiger partial charge in [0.1, 0.15) is 0 Å². The van der Waals surface area contributed by atoms with Gasteiger partial charge in [0.05, 0.1) is 12.3 Å². The van der Waals surface area contributed by atoms with Gasteiger partial charge in [0.25, 0.3) is 0 Å². The third kappa shape index (κ3) is 3.15. The first kappa shape index (κ1) is 11.8. The zero-order valence-corrected chi connectivity index (χ0v) is 9.85. The van der Waals surface area contributed by atoms with Gasteiger partial charge in [-0.3, -0.25) is 5.10 Å². The Labute approximate surface area is 101 Å². The maximum atomic E-state index is 9.06. The smallest absolute Gasteiger partial charge is 0.0681 e. The maximum Gasteiger partial charge on any atom is 0.0681 e. The average molecular weight is 231 g/mol. The highest BCUT2D eigenvalue weighted by Gasteiger charge is 2.05. The summed E-state index contributed by atoms with van der Waals surface area (Å²) in [6.45, 7) is 2.95. The van der Waals surface area contributed by atoms with Crippen LogP contribution in [0.1, 0.15) is 29.8 Å². The Morgan fingerprint density at radius 1 is 1.35 bits per heavy atom. The van der Waals surface area contributed by atoms with Gasteiger partial charge in [-0.1, -0.05) is 24.3 Å². The lowest BCUT2D eigenvalue weighted by Gasteiger charge is -2.12. The molecule has 1 heterocycles. The summed E-state index contributed by atoms with van der Waals surface area (Å²) in [7, 11) is 0. The summed E-state index contributed by atoms with van der Waals surface area (Å²) < 4.78 is 0. The lowest BCUT2D eigenvalue weighted by Crippen LogP contribution is -2.18. The fourth-order valence-corrected chi connectivity index (χ4v) is 1.73. The van der Waals surface area contributed by atoms with Crippen LogP contribution in [0, 0.1) is 0 Å². The number of aromatic nitrogens is 2. The minimum absolute atomic E-state index is 0.0872. The van der Waals surface area contributed by atoms with Crippen LogP contribution in [0.2, 0.25) is 0 Å². The van der Waals surface area contributed by atoms with Crippen LogP contribution in [-0.2, 0) is 13.2 Å². The molecule has 0 aliphatic heterocycles. The van der Waals surface area contributed by atoms with Crippen LogP contribution in [0.4, 0.5) is 0 Å². The SMILES string of the molecule is CC(NCc1cccc(CO)c1)c1ccn[nH]1. The molecule has 0 aliphatic rings. The molecular weight excluding hydrogens is 214 g/mol. The van der Waals surface area contributed by atoms with E-state index in [0.717, 1.165) is 17.8 Å². The van der Waals surface area contributed by atoms with Crippen molar-refractivity contribution in [3.05, 3.63) is 53.3 Å². The molecule has 1 unspecified atom stereocenters. The predicted molar refractivity (Wildman–Crippen MR) is 66.2 cm³/mol. The Balaban J connectivity index is 1.93. The van der Waals surface area contributed by atoms with E-state index in [2.05, 4.69) is 22.4 Å². The average Bonchev–Trinajstić information content (AvgIpc) is 2.90. The molecule has 0 spiro atoms. The third-order valence-electron chi connectivity index (χ3n) is 2.78. The monoisotopic (exact) mass is 231 g/mol. The Bertz CT molecular complexity index is 453. The zero-order chi connectivity index (χ0) is 12.1. The first-order valence-corrected chi connectivity index (χ1v) is 5.71. The van der Waals surface area contributed by atoms with E-state index in [4.69, 9.17) is 5.11 Å². The highest BCUT2D eigenvalue weighted by molar-refractivity contribution is 5.23. The predicted octanol–water partition coefficient (Wildman–Crippen LogP) is 1.75. The molecule has 0 aliphatic carbocycles. The van der Waals surface area contributed by atoms with Gasteiger partial charge in [-0.15, -0.1) is 0 Å². The van der Waals surface area contributed by atoms with E-state index in [9.17, 15) is 0 Å². The van der Waals surface area contributed by atoms with Gasteiger partial charge < -0.3 is 10.4 Å². The fourth-order valence-electron chi connectivity index (χ4n) is 1.73. The lowest BCUT2D eigenvalue weighted by atomic mass is 10.1. The van der Waals surface area contributed by atoms with E-state index in [1.54, 1.807) is 6.20 Å². The molecule has 0 amide bonds. The van der Waals surface area contributed by atoms with Crippen molar-refractivity contribution in [3.63, 3.8) is 0 Å². The van der Waals surface area contributed by atoms with Crippen LogP contribution < -0.4 is 5.32 Å². The van der Waals surface area contributed by atoms with Crippen LogP contribution in [0.3, 0.4) is 0 Å². The molecule has 2 rings (SSSR count). The molecule has 4 nitrogen and oxygen atoms in total. The van der Waals surface area contributed by atoms with Crippen molar-refractivity contribution in [2.75, 3.05) is 0 Å². The Morgan fingerprint density at radius 3 is 2.88 bits per heavy atom. The van der Waals surface area contributed by atoms with E-state index < -0.39 is 0 Å². The van der Waals surface area contributed by atoms with Gasteiger partial charge in [-0.2, -0.15) is 5.10 Å². The summed E-state index contributed by atoms with van der Waals surface area (Å²) in [6.07, 6.45) is 1.75. The van der Waals surface area contributed by atoms with Crippen molar-refractivity contribution in [2.24, 2.45) is 0 Å². The fraction of sp³-hybridized carbons (Fsp3) is 0.308. The Hall–Kier alpha value is -1.65. The van der Waals surface area contributed by atoms with Crippen LogP contribution in [-0.4, -0.2) is 15.3 Å². The number of H-pyrrole nitrogens is 1. The third-order valence-corrected chi connectivity index (χ3v) is 2.78. The number of hydrogen-bond acceptors (Lipinski definition) is 3. The molecule has 3 N–H and O–H groups in total. The molecule has 1 aromatic heterocycles. The van der Waals surface area contributed by atoms with Gasteiger partial charge >= 0.3 is 0 Å². The first-order valence-electron chi connectivity index (χ1n) is 5.71. The molecule has 0 saturated heterocycles. The van der Waals surface area contributed by atoms with E-state index >= 15 is 0 Å². The largest absolute Gasteiger partial charge is 0.392 e. The summed E-state index contributed by atoms with van der Waals surface area (Å²) in [5, 5.41) is 19.3. The van der Waals surface area contributed by atoms with Gasteiger partial charge in [0.2, 0.25) is 0 Å². The second-order valence-corrected chi connectivity index (χ2v) is 4.09. The van der Waals surface area contributed by atoms with E-state index in [1.807, 2.05) is 30.3 Å². The van der Waals surface area contributed by atoms with Crippen LogP contribution in [0.15, 0.2) is 36.5 Å². The van der Waals surface area contributed by atoms with Crippen molar-refractivity contribution in [1.82, 2.24) is 15.5 Å². The summed E-state index contributed by atoms with van der Waals surface area (Å²) >= 11 is 0. The number of aliphatic hydroxyl groups excluding tert-OH is 1. The van der Waals surface area contributed by atoms with Crippen LogP contribution >= 0.6 is 0 Å². The number of nitrogens with one attached hydrogen (secondary N) is 2. The van der Waals surface area contributed by atoms with Crippen LogP contribution in [0.5, 0.6) is 0 Å². The summed E-state index contributed by atoms with van der Waals surface area (Å²) in [5.41, 5.74) is 3.18. The molecule has 0 radical (unpaired) electrons. The molecule has 90 valence electrons. The summed E-state index contributed by atoms with van der Waals surface area (Å²) in [5.74, 6) is 0. The summed E-state index contributed by atoms with van der Waals surface area (Å²) in [4.78, 5) is 0. The molecule has 2 aromatic rings. The quantitative estimate of drug-likeness (QED) is 0.734. The Morgan fingerprint density at radius 2 is 2.18 bits per heavy atom. The summed E-state index contributed by atoms with van der Waals surface area (Å²) in [6, 6.07) is 10.1. The van der Waals surface area contributed by atoms with Crippen molar-refractivity contribution in [1.29, 1.82) is 0 Å². The standard InChI is InChI=1S/C13H17N3O/c1-10(13-5-6-15-16-13)14-8-11-3-2-4-12(7-11)9-17/h2-7,10,14,17H,8-9H2,1H3,(H,15,16). The van der Waals surface area contributed by atoms with E-state index in [1.165, 1.54) is 5.56 Å². The highest BCUT2D eigenvalue weighted by Crippen LogP contribution is 2.10. The van der Waals surface area contributed by atoms with Crippen molar-refractivity contribution >= 4 is 0 Å². The highest BCUT2D eigenvalue weighted by atomic mass is 16.3. The topological polar surface area (TPSA) is 60.9 Å². The second-order valence-electron chi connectivity index (χ2n) is 4.09. The molecule has 1 aromatic carbocycles. The van der Waals surface area contributed by atoms with Crippen molar-refractivity contribution in [3.8, 4) is 0 Å². The molecular formula is C13H17N3O. The molecule has 0 bridgehead atoms. The van der Waals surface area contributed by atoms with E-state index in [0.29, 0.717) is 0 Å². The maximum absolute atomic E-state index is 9.06. The molecule has 0 fully saturated rings. The van der Waals surface area contributed by atoms with E-state index in [-0.39, 0.29) is 12.6 Å². The lowest BCUT2D eigenvalue weighted by molar-refractivity contribution is 0.281. The van der Waals surface area contributed by atoms with Gasteiger partial charge in [-0.25, -0.2) is 0 Å². The molecule has 1 atom stereocenters. The number of rotatable bonds is 5. The molecule has 17 heavy (non-hydrogen) atoms. The zero-order valence-electron chi connectivity index (χ0n) is 9.85. The van der Waals surface area contributed by atoms with Crippen molar-refractivity contribution < 1.29 is 5.11 Å². The van der Waals surface area contributed by atoms with Gasteiger partial charge in [0, 0.05) is 18.8 Å². The first-order chi connectivity index (χ1) is 8.29. The van der Waals surface area contributed by atoms with Gasteiger partial charge in [0.15, 0.2) is 0 Å². The minimum Gasteiger partial charge on any atom is -0.392 e. The number of benzene rings is 1. The number of aromatic amines is 1. The normalized spacial score (nSPS) is 12.6. The second kappa shape index (κ2) is 5.61. The molecule has 4 heteroatoms. The Kier molecular flexibility index (Phi) is 3.90. The van der Waals surface area contributed by atoms with Crippen molar-refractivity contribution in [2.45, 2.75) is 26.1 Å².